The van der Waals surface area contributed by atoms with Crippen LogP contribution in [0.15, 0.2) is 34.8 Å². The van der Waals surface area contributed by atoms with Gasteiger partial charge in [0.25, 0.3) is 0 Å². The number of nitrogens with zero attached hydrogens (tertiary/aromatic N) is 2. The van der Waals surface area contributed by atoms with E-state index in [4.69, 9.17) is 9.47 Å². The van der Waals surface area contributed by atoms with Gasteiger partial charge in [0.05, 0.1) is 18.8 Å². The number of ether oxygens (including phenoxy) is 2. The lowest BCUT2D eigenvalue weighted by atomic mass is 9.83. The van der Waals surface area contributed by atoms with Crippen molar-refractivity contribution < 1.29 is 14.3 Å². The van der Waals surface area contributed by atoms with Crippen LogP contribution in [0.3, 0.4) is 0 Å². The van der Waals surface area contributed by atoms with Crippen LogP contribution in [0.1, 0.15) is 60.5 Å². The number of rotatable bonds is 6. The molecule has 2 aromatic heterocycles. The van der Waals surface area contributed by atoms with Gasteiger partial charge in [-0.05, 0) is 69.5 Å². The van der Waals surface area contributed by atoms with E-state index in [2.05, 4.69) is 41.6 Å². The van der Waals surface area contributed by atoms with Gasteiger partial charge in [-0.1, -0.05) is 17.8 Å². The van der Waals surface area contributed by atoms with Crippen LogP contribution in [0.25, 0.3) is 10.9 Å². The highest BCUT2D eigenvalue weighted by atomic mass is 32.2. The Labute approximate surface area is 185 Å². The van der Waals surface area contributed by atoms with Crippen molar-refractivity contribution in [2.45, 2.75) is 56.0 Å². The Morgan fingerprint density at radius 3 is 2.93 bits per heavy atom. The van der Waals surface area contributed by atoms with E-state index in [1.54, 1.807) is 23.1 Å². The fraction of sp³-hybridized carbons (Fsp3) is 0.478. The summed E-state index contributed by atoms with van der Waals surface area (Å²) in [5, 5.41) is 1.08. The van der Waals surface area contributed by atoms with Gasteiger partial charge >= 0.3 is 5.97 Å². The number of hydrogen-bond acceptors (Lipinski definition) is 6. The Morgan fingerprint density at radius 2 is 2.23 bits per heavy atom. The highest BCUT2D eigenvalue weighted by Gasteiger charge is 2.30. The first-order valence-electron chi connectivity index (χ1n) is 10.3. The average molecular weight is 445 g/mol. The zero-order chi connectivity index (χ0) is 21.3. The monoisotopic (exact) mass is 444 g/mol. The van der Waals surface area contributed by atoms with Gasteiger partial charge in [0, 0.05) is 28.6 Å². The van der Waals surface area contributed by atoms with Crippen LogP contribution in [0.5, 0.6) is 0 Å². The number of aromatic nitrogens is 2. The molecule has 3 aromatic rings. The lowest BCUT2D eigenvalue weighted by Crippen LogP contribution is -2.32. The normalized spacial score (nSPS) is 18.6. The maximum Gasteiger partial charge on any atom is 0.354 e. The second-order valence-corrected chi connectivity index (χ2v) is 10.4. The number of esters is 1. The van der Waals surface area contributed by atoms with E-state index in [0.717, 1.165) is 39.6 Å². The maximum absolute atomic E-state index is 12.7. The number of thioether (sulfide) groups is 1. The minimum atomic E-state index is -0.281. The van der Waals surface area contributed by atoms with Crippen LogP contribution in [0.2, 0.25) is 0 Å². The third kappa shape index (κ3) is 4.43. The van der Waals surface area contributed by atoms with Crippen molar-refractivity contribution in [3.05, 3.63) is 46.6 Å². The molecule has 0 spiro atoms. The van der Waals surface area contributed by atoms with E-state index in [9.17, 15) is 4.79 Å². The highest BCUT2D eigenvalue weighted by Crippen LogP contribution is 2.37. The average Bonchev–Trinajstić information content (AvgIpc) is 3.32. The van der Waals surface area contributed by atoms with Crippen LogP contribution in [0.4, 0.5) is 0 Å². The second-order valence-electron chi connectivity index (χ2n) is 8.25. The van der Waals surface area contributed by atoms with Gasteiger partial charge in [0.2, 0.25) is 0 Å². The SMILES string of the molecule is CCOC(=O)c1cc2cc(C3CCOC(C)(C)C3)ccc2n1Cc1cnc(SC)s1. The zero-order valence-corrected chi connectivity index (χ0v) is 19.6. The Hall–Kier alpha value is -1.83. The molecule has 160 valence electrons. The first kappa shape index (κ1) is 21.4. The Morgan fingerprint density at radius 1 is 1.40 bits per heavy atom. The molecule has 1 saturated heterocycles. The van der Waals surface area contributed by atoms with Crippen molar-refractivity contribution in [2.24, 2.45) is 0 Å². The molecule has 0 amide bonds. The number of carbonyl (C=O) groups excluding carboxylic acids is 1. The van der Waals surface area contributed by atoms with Gasteiger partial charge in [-0.2, -0.15) is 0 Å². The molecule has 0 N–H and O–H groups in total. The summed E-state index contributed by atoms with van der Waals surface area (Å²) in [7, 11) is 0. The first-order chi connectivity index (χ1) is 14.4. The minimum absolute atomic E-state index is 0.0962. The third-order valence-corrected chi connectivity index (χ3v) is 7.58. The molecule has 0 aliphatic carbocycles. The summed E-state index contributed by atoms with van der Waals surface area (Å²) in [6.45, 7) is 7.91. The van der Waals surface area contributed by atoms with Gasteiger partial charge in [-0.15, -0.1) is 11.3 Å². The predicted octanol–water partition coefficient (Wildman–Crippen LogP) is 5.72. The van der Waals surface area contributed by atoms with Gasteiger partial charge in [-0.25, -0.2) is 9.78 Å². The summed E-state index contributed by atoms with van der Waals surface area (Å²) in [5.41, 5.74) is 2.86. The van der Waals surface area contributed by atoms with Crippen molar-refractivity contribution in [1.29, 1.82) is 0 Å². The van der Waals surface area contributed by atoms with Crippen LogP contribution >= 0.6 is 23.1 Å². The molecule has 0 saturated carbocycles. The number of hydrogen-bond donors (Lipinski definition) is 0. The lowest BCUT2D eigenvalue weighted by Gasteiger charge is -2.35. The molecule has 0 radical (unpaired) electrons. The summed E-state index contributed by atoms with van der Waals surface area (Å²) in [6.07, 6.45) is 5.95. The van der Waals surface area contributed by atoms with Crippen LogP contribution in [0, 0.1) is 0 Å². The first-order valence-corrected chi connectivity index (χ1v) is 12.4. The molecule has 1 atom stereocenters. The molecule has 5 nitrogen and oxygen atoms in total. The standard InChI is InChI=1S/C23H28N2O3S2/c1-5-27-21(26)20-11-17-10-15(16-8-9-28-23(2,3)12-16)6-7-19(17)25(20)14-18-13-24-22(29-4)30-18/h6-7,10-11,13,16H,5,8-9,12,14H2,1-4H3. The van der Waals surface area contributed by atoms with Crippen LogP contribution < -0.4 is 0 Å². The van der Waals surface area contributed by atoms with E-state index >= 15 is 0 Å². The predicted molar refractivity (Wildman–Crippen MR) is 123 cm³/mol. The van der Waals surface area contributed by atoms with E-state index < -0.39 is 0 Å². The summed E-state index contributed by atoms with van der Waals surface area (Å²) in [4.78, 5) is 18.2. The van der Waals surface area contributed by atoms with Crippen LogP contribution in [-0.4, -0.2) is 40.6 Å². The van der Waals surface area contributed by atoms with Gasteiger partial charge in [-0.3, -0.25) is 0 Å². The smallest absolute Gasteiger partial charge is 0.354 e. The molecule has 0 bridgehead atoms. The van der Waals surface area contributed by atoms with Crippen molar-refractivity contribution >= 4 is 40.0 Å². The molecule has 1 fully saturated rings. The molecule has 1 aliphatic rings. The van der Waals surface area contributed by atoms with E-state index in [-0.39, 0.29) is 11.6 Å². The minimum Gasteiger partial charge on any atom is -0.461 e. The third-order valence-electron chi connectivity index (χ3n) is 5.60. The summed E-state index contributed by atoms with van der Waals surface area (Å²) >= 11 is 3.30. The highest BCUT2D eigenvalue weighted by molar-refractivity contribution is 8.00. The molecule has 30 heavy (non-hydrogen) atoms. The zero-order valence-electron chi connectivity index (χ0n) is 17.9. The number of thiazole rings is 1. The molecule has 3 heterocycles. The molecule has 1 unspecified atom stereocenters. The molecule has 4 rings (SSSR count). The van der Waals surface area contributed by atoms with Crippen molar-refractivity contribution in [3.63, 3.8) is 0 Å². The van der Waals surface area contributed by atoms with Gasteiger partial charge < -0.3 is 14.0 Å². The second kappa shape index (κ2) is 8.73. The van der Waals surface area contributed by atoms with E-state index in [0.29, 0.717) is 24.8 Å². The summed E-state index contributed by atoms with van der Waals surface area (Å²) in [6, 6.07) is 8.56. The van der Waals surface area contributed by atoms with E-state index in [1.807, 2.05) is 25.4 Å². The fourth-order valence-corrected chi connectivity index (χ4v) is 5.66. The number of benzene rings is 1. The maximum atomic E-state index is 12.7. The van der Waals surface area contributed by atoms with E-state index in [1.165, 1.54) is 5.56 Å². The van der Waals surface area contributed by atoms with Crippen molar-refractivity contribution in [2.75, 3.05) is 19.5 Å². The largest absolute Gasteiger partial charge is 0.461 e. The topological polar surface area (TPSA) is 53.4 Å². The lowest BCUT2D eigenvalue weighted by molar-refractivity contribution is -0.0592. The number of carbonyl (C=O) groups is 1. The molecular formula is C23H28N2O3S2. The molecular weight excluding hydrogens is 416 g/mol. The van der Waals surface area contributed by atoms with Crippen molar-refractivity contribution in [1.82, 2.24) is 9.55 Å². The Kier molecular flexibility index (Phi) is 6.23. The van der Waals surface area contributed by atoms with Crippen molar-refractivity contribution in [3.8, 4) is 0 Å². The molecule has 7 heteroatoms. The molecule has 1 aromatic carbocycles. The summed E-state index contributed by atoms with van der Waals surface area (Å²) in [5.74, 6) is 0.190. The summed E-state index contributed by atoms with van der Waals surface area (Å²) < 4.78 is 14.3. The Balaban J connectivity index is 1.72. The molecule has 1 aliphatic heterocycles. The van der Waals surface area contributed by atoms with Crippen LogP contribution in [-0.2, 0) is 16.0 Å². The van der Waals surface area contributed by atoms with Gasteiger partial charge in [0.15, 0.2) is 0 Å². The quantitative estimate of drug-likeness (QED) is 0.360. The van der Waals surface area contributed by atoms with Gasteiger partial charge in [0.1, 0.15) is 10.0 Å². The fourth-order valence-electron chi connectivity index (χ4n) is 4.22. The Bertz CT molecular complexity index is 1050. The number of fused-ring (bicyclic) bond motifs is 1.